The SMILES string of the molecule is CCOc1ccc(C=NN2CC[NH+](Cc3ccc(Cl)cc3)CC2)cc1OC. The molecule has 27 heavy (non-hydrogen) atoms. The van der Waals surface area contributed by atoms with Crippen molar-refractivity contribution in [1.82, 2.24) is 5.01 Å². The van der Waals surface area contributed by atoms with Gasteiger partial charge in [0.1, 0.15) is 6.54 Å². The van der Waals surface area contributed by atoms with E-state index in [1.165, 1.54) is 5.56 Å². The molecule has 0 bridgehead atoms. The maximum absolute atomic E-state index is 5.96. The average molecular weight is 389 g/mol. The molecule has 0 aromatic heterocycles. The lowest BCUT2D eigenvalue weighted by atomic mass is 10.2. The van der Waals surface area contributed by atoms with Crippen molar-refractivity contribution in [3.63, 3.8) is 0 Å². The minimum atomic E-state index is 0.617. The molecule has 5 nitrogen and oxygen atoms in total. The molecular formula is C21H27ClN3O2+. The Hall–Kier alpha value is -2.24. The van der Waals surface area contributed by atoms with Crippen molar-refractivity contribution in [2.45, 2.75) is 13.5 Å². The van der Waals surface area contributed by atoms with Gasteiger partial charge in [0, 0.05) is 10.6 Å². The number of rotatable bonds is 7. The van der Waals surface area contributed by atoms with Crippen LogP contribution in [0.15, 0.2) is 47.6 Å². The van der Waals surface area contributed by atoms with Crippen LogP contribution < -0.4 is 14.4 Å². The third-order valence-electron chi connectivity index (χ3n) is 4.67. The van der Waals surface area contributed by atoms with E-state index < -0.39 is 0 Å². The third kappa shape index (κ3) is 5.62. The van der Waals surface area contributed by atoms with Gasteiger partial charge >= 0.3 is 0 Å². The van der Waals surface area contributed by atoms with Crippen molar-refractivity contribution >= 4 is 17.8 Å². The van der Waals surface area contributed by atoms with E-state index in [9.17, 15) is 0 Å². The number of hydrogen-bond acceptors (Lipinski definition) is 4. The molecule has 1 aliphatic heterocycles. The third-order valence-corrected chi connectivity index (χ3v) is 4.92. The van der Waals surface area contributed by atoms with Gasteiger partial charge in [0.25, 0.3) is 0 Å². The highest BCUT2D eigenvalue weighted by molar-refractivity contribution is 6.30. The molecular weight excluding hydrogens is 362 g/mol. The van der Waals surface area contributed by atoms with Crippen LogP contribution in [0.1, 0.15) is 18.1 Å². The van der Waals surface area contributed by atoms with Crippen LogP contribution in [-0.4, -0.2) is 51.1 Å². The van der Waals surface area contributed by atoms with Gasteiger partial charge in [-0.05, 0) is 42.8 Å². The van der Waals surface area contributed by atoms with E-state index in [-0.39, 0.29) is 0 Å². The summed E-state index contributed by atoms with van der Waals surface area (Å²) in [7, 11) is 1.65. The van der Waals surface area contributed by atoms with Gasteiger partial charge in [0.2, 0.25) is 0 Å². The van der Waals surface area contributed by atoms with Gasteiger partial charge in [-0.15, -0.1) is 0 Å². The Morgan fingerprint density at radius 3 is 2.52 bits per heavy atom. The topological polar surface area (TPSA) is 38.5 Å². The maximum Gasteiger partial charge on any atom is 0.161 e. The quantitative estimate of drug-likeness (QED) is 0.740. The molecule has 0 aliphatic carbocycles. The molecule has 2 aromatic rings. The first-order chi connectivity index (χ1) is 13.2. The Bertz CT molecular complexity index is 757. The highest BCUT2D eigenvalue weighted by Gasteiger charge is 2.18. The van der Waals surface area contributed by atoms with Crippen molar-refractivity contribution in [3.8, 4) is 11.5 Å². The Balaban J connectivity index is 1.52. The fraction of sp³-hybridized carbons (Fsp3) is 0.381. The number of nitrogens with zero attached hydrogens (tertiary/aromatic N) is 2. The number of hydrazone groups is 1. The Labute approximate surface area is 166 Å². The monoisotopic (exact) mass is 388 g/mol. The van der Waals surface area contributed by atoms with Crippen molar-refractivity contribution in [1.29, 1.82) is 0 Å². The molecule has 0 radical (unpaired) electrons. The standard InChI is InChI=1S/C21H26ClN3O2/c1-3-27-20-9-6-18(14-21(20)26-2)15-23-25-12-10-24(11-13-25)16-17-4-7-19(22)8-5-17/h4-9,14-15H,3,10-13,16H2,1-2H3/p+1. The van der Waals surface area contributed by atoms with E-state index in [1.54, 1.807) is 12.0 Å². The summed E-state index contributed by atoms with van der Waals surface area (Å²) < 4.78 is 11.0. The van der Waals surface area contributed by atoms with E-state index in [4.69, 9.17) is 21.1 Å². The van der Waals surface area contributed by atoms with E-state index in [2.05, 4.69) is 22.2 Å². The lowest BCUT2D eigenvalue weighted by Gasteiger charge is -2.30. The summed E-state index contributed by atoms with van der Waals surface area (Å²) in [6, 6.07) is 14.0. The van der Waals surface area contributed by atoms with Gasteiger partial charge in [-0.3, -0.25) is 5.01 Å². The van der Waals surface area contributed by atoms with Gasteiger partial charge in [-0.2, -0.15) is 5.10 Å². The number of quaternary nitrogens is 1. The number of ether oxygens (including phenoxy) is 2. The lowest BCUT2D eigenvalue weighted by molar-refractivity contribution is -0.918. The second kappa shape index (κ2) is 9.62. The zero-order valence-corrected chi connectivity index (χ0v) is 16.7. The van der Waals surface area contributed by atoms with Crippen LogP contribution in [0.4, 0.5) is 0 Å². The summed E-state index contributed by atoms with van der Waals surface area (Å²) in [5, 5.41) is 7.56. The summed E-state index contributed by atoms with van der Waals surface area (Å²) in [5.74, 6) is 1.49. The van der Waals surface area contributed by atoms with E-state index in [0.717, 1.165) is 54.8 Å². The number of nitrogens with one attached hydrogen (secondary N) is 1. The number of piperazine rings is 1. The van der Waals surface area contributed by atoms with E-state index >= 15 is 0 Å². The number of halogens is 1. The Morgan fingerprint density at radius 2 is 1.85 bits per heavy atom. The number of hydrogen-bond donors (Lipinski definition) is 1. The summed E-state index contributed by atoms with van der Waals surface area (Å²) in [6.45, 7) is 7.67. The fourth-order valence-electron chi connectivity index (χ4n) is 3.18. The van der Waals surface area contributed by atoms with Crippen LogP contribution >= 0.6 is 11.6 Å². The Morgan fingerprint density at radius 1 is 1.11 bits per heavy atom. The van der Waals surface area contributed by atoms with Crippen LogP contribution in [-0.2, 0) is 6.54 Å². The molecule has 1 saturated heterocycles. The van der Waals surface area contributed by atoms with Crippen LogP contribution in [0.2, 0.25) is 5.02 Å². The minimum Gasteiger partial charge on any atom is -0.493 e. The molecule has 1 fully saturated rings. The van der Waals surface area contributed by atoms with Gasteiger partial charge in [0.15, 0.2) is 11.5 Å². The molecule has 1 N–H and O–H groups in total. The van der Waals surface area contributed by atoms with Crippen molar-refractivity contribution in [2.24, 2.45) is 5.10 Å². The summed E-state index contributed by atoms with van der Waals surface area (Å²) in [6.07, 6.45) is 1.89. The molecule has 6 heteroatoms. The van der Waals surface area contributed by atoms with Gasteiger partial charge in [-0.25, -0.2) is 0 Å². The van der Waals surface area contributed by atoms with Crippen LogP contribution in [0.5, 0.6) is 11.5 Å². The highest BCUT2D eigenvalue weighted by Crippen LogP contribution is 2.27. The van der Waals surface area contributed by atoms with Gasteiger partial charge in [0.05, 0.1) is 46.1 Å². The highest BCUT2D eigenvalue weighted by atomic mass is 35.5. The second-order valence-electron chi connectivity index (χ2n) is 6.59. The molecule has 0 unspecified atom stereocenters. The van der Waals surface area contributed by atoms with Crippen molar-refractivity contribution < 1.29 is 14.4 Å². The van der Waals surface area contributed by atoms with Crippen molar-refractivity contribution in [3.05, 3.63) is 58.6 Å². The number of benzene rings is 2. The molecule has 2 aromatic carbocycles. The maximum atomic E-state index is 5.96. The van der Waals surface area contributed by atoms with E-state index in [0.29, 0.717) is 6.61 Å². The molecule has 1 heterocycles. The van der Waals surface area contributed by atoms with Crippen molar-refractivity contribution in [2.75, 3.05) is 39.9 Å². The van der Waals surface area contributed by atoms with Crippen LogP contribution in [0, 0.1) is 0 Å². The predicted molar refractivity (Wildman–Crippen MR) is 109 cm³/mol. The Kier molecular flexibility index (Phi) is 6.96. The fourth-order valence-corrected chi connectivity index (χ4v) is 3.31. The van der Waals surface area contributed by atoms with Gasteiger partial charge < -0.3 is 14.4 Å². The molecule has 0 atom stereocenters. The second-order valence-corrected chi connectivity index (χ2v) is 7.03. The predicted octanol–water partition coefficient (Wildman–Crippen LogP) is 2.48. The molecule has 0 amide bonds. The zero-order chi connectivity index (χ0) is 19.1. The summed E-state index contributed by atoms with van der Waals surface area (Å²) in [5.41, 5.74) is 2.33. The smallest absolute Gasteiger partial charge is 0.161 e. The molecule has 144 valence electrons. The first-order valence-electron chi connectivity index (χ1n) is 9.35. The van der Waals surface area contributed by atoms with Gasteiger partial charge in [-0.1, -0.05) is 23.7 Å². The lowest BCUT2D eigenvalue weighted by Crippen LogP contribution is -3.13. The van der Waals surface area contributed by atoms with Crippen LogP contribution in [0.3, 0.4) is 0 Å². The number of methoxy groups -OCH3 is 1. The van der Waals surface area contributed by atoms with E-state index in [1.807, 2.05) is 43.5 Å². The first kappa shape index (κ1) is 19.5. The molecule has 1 aliphatic rings. The first-order valence-corrected chi connectivity index (χ1v) is 9.73. The normalized spacial score (nSPS) is 15.3. The zero-order valence-electron chi connectivity index (χ0n) is 16.0. The molecule has 3 rings (SSSR count). The molecule has 0 saturated carbocycles. The largest absolute Gasteiger partial charge is 0.493 e. The summed E-state index contributed by atoms with van der Waals surface area (Å²) >= 11 is 5.96. The molecule has 0 spiro atoms. The van der Waals surface area contributed by atoms with Crippen LogP contribution in [0.25, 0.3) is 0 Å². The average Bonchev–Trinajstić information content (AvgIpc) is 2.70. The minimum absolute atomic E-state index is 0.617. The summed E-state index contributed by atoms with van der Waals surface area (Å²) in [4.78, 5) is 1.58.